The fraction of sp³-hybridized carbons (Fsp3) is 0.467. The SMILES string of the molecule is CCc1ccc(NC(=O)C(C(=O)OC)C(C)C)cc1. The van der Waals surface area contributed by atoms with Gasteiger partial charge in [-0.05, 0) is 30.0 Å². The first-order valence-corrected chi connectivity index (χ1v) is 6.47. The smallest absolute Gasteiger partial charge is 0.318 e. The molecule has 1 N–H and O–H groups in total. The minimum absolute atomic E-state index is 0.109. The Bertz CT molecular complexity index is 437. The van der Waals surface area contributed by atoms with Gasteiger partial charge in [0.1, 0.15) is 5.92 Å². The van der Waals surface area contributed by atoms with Crippen molar-refractivity contribution in [3.05, 3.63) is 29.8 Å². The second-order valence-corrected chi connectivity index (χ2v) is 4.78. The van der Waals surface area contributed by atoms with E-state index in [4.69, 9.17) is 0 Å². The minimum Gasteiger partial charge on any atom is -0.468 e. The van der Waals surface area contributed by atoms with Gasteiger partial charge in [-0.15, -0.1) is 0 Å². The van der Waals surface area contributed by atoms with Crippen LogP contribution in [0.4, 0.5) is 5.69 Å². The zero-order chi connectivity index (χ0) is 14.4. The van der Waals surface area contributed by atoms with Gasteiger partial charge in [-0.1, -0.05) is 32.9 Å². The highest BCUT2D eigenvalue weighted by molar-refractivity contribution is 6.04. The molecule has 0 saturated heterocycles. The monoisotopic (exact) mass is 263 g/mol. The van der Waals surface area contributed by atoms with Crippen LogP contribution < -0.4 is 5.32 Å². The van der Waals surface area contributed by atoms with Gasteiger partial charge >= 0.3 is 5.97 Å². The van der Waals surface area contributed by atoms with E-state index in [1.807, 2.05) is 38.1 Å². The third-order valence-electron chi connectivity index (χ3n) is 3.03. The summed E-state index contributed by atoms with van der Waals surface area (Å²) in [6.45, 7) is 5.71. The van der Waals surface area contributed by atoms with Crippen LogP contribution >= 0.6 is 0 Å². The molecular formula is C15H21NO3. The summed E-state index contributed by atoms with van der Waals surface area (Å²) in [6, 6.07) is 7.59. The van der Waals surface area contributed by atoms with Crippen LogP contribution in [0, 0.1) is 11.8 Å². The number of carbonyl (C=O) groups is 2. The van der Waals surface area contributed by atoms with Gasteiger partial charge in [-0.25, -0.2) is 0 Å². The number of amides is 1. The molecule has 0 heterocycles. The van der Waals surface area contributed by atoms with E-state index in [9.17, 15) is 9.59 Å². The van der Waals surface area contributed by atoms with Crippen LogP contribution in [0.15, 0.2) is 24.3 Å². The van der Waals surface area contributed by atoms with Gasteiger partial charge in [-0.3, -0.25) is 9.59 Å². The van der Waals surface area contributed by atoms with Crippen LogP contribution in [0.1, 0.15) is 26.3 Å². The van der Waals surface area contributed by atoms with E-state index < -0.39 is 11.9 Å². The van der Waals surface area contributed by atoms with Crippen LogP contribution in [-0.2, 0) is 20.7 Å². The van der Waals surface area contributed by atoms with Crippen molar-refractivity contribution in [3.8, 4) is 0 Å². The molecule has 1 aromatic carbocycles. The molecule has 0 aliphatic heterocycles. The van der Waals surface area contributed by atoms with Crippen LogP contribution in [0.2, 0.25) is 0 Å². The van der Waals surface area contributed by atoms with E-state index in [0.717, 1.165) is 6.42 Å². The molecule has 4 heteroatoms. The Hall–Kier alpha value is -1.84. The van der Waals surface area contributed by atoms with Crippen LogP contribution in [-0.4, -0.2) is 19.0 Å². The number of esters is 1. The van der Waals surface area contributed by atoms with Gasteiger partial charge in [0.25, 0.3) is 0 Å². The molecule has 0 bridgehead atoms. The summed E-state index contributed by atoms with van der Waals surface area (Å²) in [5, 5.41) is 2.75. The first-order chi connectivity index (χ1) is 8.99. The third-order valence-corrected chi connectivity index (χ3v) is 3.03. The number of anilines is 1. The van der Waals surface area contributed by atoms with Crippen molar-refractivity contribution in [1.29, 1.82) is 0 Å². The molecule has 19 heavy (non-hydrogen) atoms. The topological polar surface area (TPSA) is 55.4 Å². The van der Waals surface area contributed by atoms with Gasteiger partial charge in [0.2, 0.25) is 5.91 Å². The number of hydrogen-bond donors (Lipinski definition) is 1. The maximum Gasteiger partial charge on any atom is 0.318 e. The van der Waals surface area contributed by atoms with E-state index in [1.54, 1.807) is 0 Å². The zero-order valence-corrected chi connectivity index (χ0v) is 11.9. The highest BCUT2D eigenvalue weighted by atomic mass is 16.5. The van der Waals surface area contributed by atoms with Crippen molar-refractivity contribution in [2.45, 2.75) is 27.2 Å². The fourth-order valence-electron chi connectivity index (χ4n) is 1.85. The maximum atomic E-state index is 12.1. The Morgan fingerprint density at radius 1 is 1.21 bits per heavy atom. The van der Waals surface area contributed by atoms with E-state index in [-0.39, 0.29) is 11.8 Å². The average Bonchev–Trinajstić information content (AvgIpc) is 2.39. The van der Waals surface area contributed by atoms with Crippen LogP contribution in [0.3, 0.4) is 0 Å². The van der Waals surface area contributed by atoms with Crippen molar-refractivity contribution in [2.75, 3.05) is 12.4 Å². The Kier molecular flexibility index (Phi) is 5.55. The molecule has 0 saturated carbocycles. The molecule has 0 spiro atoms. The standard InChI is InChI=1S/C15H21NO3/c1-5-11-6-8-12(9-7-11)16-14(17)13(10(2)3)15(18)19-4/h6-10,13H,5H2,1-4H3,(H,16,17). The van der Waals surface area contributed by atoms with Crippen molar-refractivity contribution < 1.29 is 14.3 Å². The fourth-order valence-corrected chi connectivity index (χ4v) is 1.85. The Morgan fingerprint density at radius 3 is 2.21 bits per heavy atom. The van der Waals surface area contributed by atoms with Crippen LogP contribution in [0.5, 0.6) is 0 Å². The molecule has 1 atom stereocenters. The number of nitrogens with one attached hydrogen (secondary N) is 1. The molecule has 0 aromatic heterocycles. The lowest BCUT2D eigenvalue weighted by Crippen LogP contribution is -2.34. The summed E-state index contributed by atoms with van der Waals surface area (Å²) in [6.07, 6.45) is 0.949. The van der Waals surface area contributed by atoms with E-state index >= 15 is 0 Å². The van der Waals surface area contributed by atoms with Crippen molar-refractivity contribution in [2.24, 2.45) is 11.8 Å². The molecular weight excluding hydrogens is 242 g/mol. The number of aryl methyl sites for hydroxylation is 1. The molecule has 1 rings (SSSR count). The molecule has 0 aliphatic rings. The molecule has 0 fully saturated rings. The highest BCUT2D eigenvalue weighted by Gasteiger charge is 2.30. The minimum atomic E-state index is -0.782. The number of benzene rings is 1. The zero-order valence-electron chi connectivity index (χ0n) is 11.9. The van der Waals surface area contributed by atoms with Crippen LogP contribution in [0.25, 0.3) is 0 Å². The highest BCUT2D eigenvalue weighted by Crippen LogP contribution is 2.17. The molecule has 104 valence electrons. The first-order valence-electron chi connectivity index (χ1n) is 6.47. The predicted octanol–water partition coefficient (Wildman–Crippen LogP) is 2.63. The van der Waals surface area contributed by atoms with Gasteiger partial charge in [0, 0.05) is 5.69 Å². The number of methoxy groups -OCH3 is 1. The first kappa shape index (κ1) is 15.2. The maximum absolute atomic E-state index is 12.1. The molecule has 1 aromatic rings. The lowest BCUT2D eigenvalue weighted by molar-refractivity contribution is -0.150. The Labute approximate surface area is 114 Å². The largest absolute Gasteiger partial charge is 0.468 e. The van der Waals surface area contributed by atoms with Gasteiger partial charge < -0.3 is 10.1 Å². The second kappa shape index (κ2) is 6.92. The molecule has 4 nitrogen and oxygen atoms in total. The quantitative estimate of drug-likeness (QED) is 0.656. The van der Waals surface area contributed by atoms with E-state index in [0.29, 0.717) is 5.69 Å². The lowest BCUT2D eigenvalue weighted by atomic mass is 9.95. The summed E-state index contributed by atoms with van der Waals surface area (Å²) in [5.74, 6) is -1.72. The second-order valence-electron chi connectivity index (χ2n) is 4.78. The Morgan fingerprint density at radius 2 is 1.79 bits per heavy atom. The van der Waals surface area contributed by atoms with Crippen molar-refractivity contribution >= 4 is 17.6 Å². The number of carbonyl (C=O) groups excluding carboxylic acids is 2. The summed E-state index contributed by atoms with van der Waals surface area (Å²) >= 11 is 0. The third kappa shape index (κ3) is 4.09. The summed E-state index contributed by atoms with van der Waals surface area (Å²) in [5.41, 5.74) is 1.89. The number of rotatable bonds is 5. The normalized spacial score (nSPS) is 12.1. The van der Waals surface area contributed by atoms with Crippen molar-refractivity contribution in [3.63, 3.8) is 0 Å². The Balaban J connectivity index is 2.78. The van der Waals surface area contributed by atoms with Gasteiger partial charge in [0.05, 0.1) is 7.11 Å². The van der Waals surface area contributed by atoms with Crippen molar-refractivity contribution in [1.82, 2.24) is 0 Å². The molecule has 0 aliphatic carbocycles. The summed E-state index contributed by atoms with van der Waals surface area (Å²) in [7, 11) is 1.29. The molecule has 0 radical (unpaired) electrons. The van der Waals surface area contributed by atoms with Gasteiger partial charge in [0.15, 0.2) is 0 Å². The average molecular weight is 263 g/mol. The summed E-state index contributed by atoms with van der Waals surface area (Å²) < 4.78 is 4.67. The molecule has 1 amide bonds. The lowest BCUT2D eigenvalue weighted by Gasteiger charge is -2.17. The predicted molar refractivity (Wildman–Crippen MR) is 74.8 cm³/mol. The number of ether oxygens (including phenoxy) is 1. The number of hydrogen-bond acceptors (Lipinski definition) is 3. The summed E-state index contributed by atoms with van der Waals surface area (Å²) in [4.78, 5) is 23.7. The van der Waals surface area contributed by atoms with E-state index in [1.165, 1.54) is 12.7 Å². The van der Waals surface area contributed by atoms with E-state index in [2.05, 4.69) is 17.0 Å². The van der Waals surface area contributed by atoms with Gasteiger partial charge in [-0.2, -0.15) is 0 Å². The molecule has 1 unspecified atom stereocenters.